The molecule has 2 nitrogen and oxygen atoms in total. The van der Waals surface area contributed by atoms with Crippen molar-refractivity contribution in [3.63, 3.8) is 0 Å². The van der Waals surface area contributed by atoms with E-state index in [-0.39, 0.29) is 41.1 Å². The number of hydrogen-bond acceptors (Lipinski definition) is 2. The van der Waals surface area contributed by atoms with Crippen LogP contribution in [0.2, 0.25) is 0 Å². The lowest BCUT2D eigenvalue weighted by Gasteiger charge is -2.29. The monoisotopic (exact) mass is 500 g/mol. The van der Waals surface area contributed by atoms with Gasteiger partial charge in [-0.25, -0.2) is 17.6 Å². The minimum atomic E-state index is -1.18. The number of ether oxygens (including phenoxy) is 2. The first kappa shape index (κ1) is 26.4. The Morgan fingerprint density at radius 3 is 1.97 bits per heavy atom. The van der Waals surface area contributed by atoms with Crippen molar-refractivity contribution in [3.8, 4) is 11.1 Å². The number of hydrogen-bond donors (Lipinski definition) is 0. The molecule has 6 heteroatoms. The summed E-state index contributed by atoms with van der Waals surface area (Å²) in [6, 6.07) is 13.6. The molecule has 36 heavy (non-hydrogen) atoms. The molecule has 3 aromatic carbocycles. The molecule has 0 radical (unpaired) electrons. The molecule has 1 fully saturated rings. The zero-order valence-corrected chi connectivity index (χ0v) is 20.8. The Hall–Kier alpha value is -2.70. The second-order valence-electron chi connectivity index (χ2n) is 9.29. The minimum Gasteiger partial charge on any atom is -0.353 e. The summed E-state index contributed by atoms with van der Waals surface area (Å²) in [5.41, 5.74) is 2.06. The molecule has 0 amide bonds. The van der Waals surface area contributed by atoms with Crippen molar-refractivity contribution < 1.29 is 27.0 Å². The second kappa shape index (κ2) is 12.0. The Labute approximate surface area is 210 Å². The molecule has 4 rings (SSSR count). The van der Waals surface area contributed by atoms with Gasteiger partial charge in [-0.2, -0.15) is 0 Å². The highest BCUT2D eigenvalue weighted by Gasteiger charge is 2.28. The van der Waals surface area contributed by atoms with E-state index >= 15 is 4.39 Å². The van der Waals surface area contributed by atoms with Gasteiger partial charge in [0.1, 0.15) is 0 Å². The van der Waals surface area contributed by atoms with Gasteiger partial charge in [-0.05, 0) is 61.3 Å². The first-order valence-corrected chi connectivity index (χ1v) is 12.7. The van der Waals surface area contributed by atoms with E-state index in [0.29, 0.717) is 32.3 Å². The maximum Gasteiger partial charge on any atom is 0.167 e. The van der Waals surface area contributed by atoms with Gasteiger partial charge in [-0.1, -0.05) is 61.9 Å². The van der Waals surface area contributed by atoms with Crippen LogP contribution >= 0.6 is 0 Å². The minimum absolute atomic E-state index is 0.175. The van der Waals surface area contributed by atoms with E-state index in [1.54, 1.807) is 0 Å². The highest BCUT2D eigenvalue weighted by molar-refractivity contribution is 5.66. The lowest BCUT2D eigenvalue weighted by molar-refractivity contribution is -0.164. The van der Waals surface area contributed by atoms with Crippen LogP contribution in [0.1, 0.15) is 61.3 Å². The highest BCUT2D eigenvalue weighted by Crippen LogP contribution is 2.36. The molecule has 0 saturated carbocycles. The Bertz CT molecular complexity index is 1170. The van der Waals surface area contributed by atoms with Crippen LogP contribution in [-0.2, 0) is 28.7 Å². The molecule has 0 N–H and O–H groups in total. The fourth-order valence-electron chi connectivity index (χ4n) is 4.81. The summed E-state index contributed by atoms with van der Waals surface area (Å²) in [5, 5.41) is 0. The average Bonchev–Trinajstić information content (AvgIpc) is 2.89. The first-order valence-electron chi connectivity index (χ1n) is 12.7. The van der Waals surface area contributed by atoms with Crippen molar-refractivity contribution in [2.45, 2.75) is 64.6 Å². The summed E-state index contributed by atoms with van der Waals surface area (Å²) in [6.45, 7) is 4.71. The molecule has 2 atom stereocenters. The molecule has 0 aliphatic carbocycles. The lowest BCUT2D eigenvalue weighted by Crippen LogP contribution is -2.27. The Morgan fingerprint density at radius 2 is 1.36 bits per heavy atom. The summed E-state index contributed by atoms with van der Waals surface area (Å²) < 4.78 is 70.9. The zero-order valence-electron chi connectivity index (χ0n) is 20.8. The van der Waals surface area contributed by atoms with Gasteiger partial charge in [0.25, 0.3) is 0 Å². The number of aryl methyl sites for hydroxylation is 3. The normalized spacial score (nSPS) is 17.9. The largest absolute Gasteiger partial charge is 0.353 e. The average molecular weight is 501 g/mol. The topological polar surface area (TPSA) is 18.5 Å². The van der Waals surface area contributed by atoms with Gasteiger partial charge in [0.05, 0.1) is 6.61 Å². The van der Waals surface area contributed by atoms with Crippen LogP contribution in [0.15, 0.2) is 48.5 Å². The van der Waals surface area contributed by atoms with Crippen molar-refractivity contribution in [3.05, 3.63) is 94.1 Å². The fraction of sp³-hybridized carbons (Fsp3) is 0.400. The summed E-state index contributed by atoms with van der Waals surface area (Å²) in [6.07, 6.45) is 3.74. The van der Waals surface area contributed by atoms with Crippen molar-refractivity contribution >= 4 is 0 Å². The molecule has 1 aliphatic rings. The number of halogens is 4. The molecular weight excluding hydrogens is 468 g/mol. The van der Waals surface area contributed by atoms with E-state index in [9.17, 15) is 13.2 Å². The van der Waals surface area contributed by atoms with E-state index in [1.165, 1.54) is 29.8 Å². The van der Waals surface area contributed by atoms with Gasteiger partial charge in [-0.3, -0.25) is 0 Å². The third-order valence-corrected chi connectivity index (χ3v) is 6.84. The molecule has 3 aromatic rings. The maximum atomic E-state index is 15.0. The van der Waals surface area contributed by atoms with E-state index in [4.69, 9.17) is 9.47 Å². The smallest absolute Gasteiger partial charge is 0.167 e. The Kier molecular flexibility index (Phi) is 8.81. The maximum absolute atomic E-state index is 15.0. The predicted octanol–water partition coefficient (Wildman–Crippen LogP) is 7.90. The fourth-order valence-corrected chi connectivity index (χ4v) is 4.81. The molecule has 1 saturated heterocycles. The van der Waals surface area contributed by atoms with Crippen molar-refractivity contribution in [2.24, 2.45) is 0 Å². The Morgan fingerprint density at radius 1 is 0.722 bits per heavy atom. The van der Waals surface area contributed by atoms with Gasteiger partial charge < -0.3 is 9.47 Å². The highest BCUT2D eigenvalue weighted by atomic mass is 19.2. The predicted molar refractivity (Wildman–Crippen MR) is 133 cm³/mol. The van der Waals surface area contributed by atoms with E-state index in [0.717, 1.165) is 18.4 Å². The summed E-state index contributed by atoms with van der Waals surface area (Å²) >= 11 is 0. The molecule has 2 unspecified atom stereocenters. The molecular formula is C30H32F4O2. The van der Waals surface area contributed by atoms with Crippen LogP contribution in [0.5, 0.6) is 0 Å². The van der Waals surface area contributed by atoms with Crippen LogP contribution in [0.4, 0.5) is 17.6 Å². The molecule has 1 heterocycles. The van der Waals surface area contributed by atoms with Crippen molar-refractivity contribution in [1.82, 2.24) is 0 Å². The quantitative estimate of drug-likeness (QED) is 0.278. The zero-order chi connectivity index (χ0) is 25.7. The molecule has 0 bridgehead atoms. The lowest BCUT2D eigenvalue weighted by atomic mass is 9.90. The van der Waals surface area contributed by atoms with Crippen LogP contribution in [0.3, 0.4) is 0 Å². The third-order valence-electron chi connectivity index (χ3n) is 6.84. The second-order valence-corrected chi connectivity index (χ2v) is 9.29. The number of benzene rings is 3. The molecule has 0 aromatic heterocycles. The van der Waals surface area contributed by atoms with Crippen LogP contribution in [0.25, 0.3) is 11.1 Å². The summed E-state index contributed by atoms with van der Waals surface area (Å²) in [4.78, 5) is 0. The van der Waals surface area contributed by atoms with E-state index < -0.39 is 23.3 Å². The van der Waals surface area contributed by atoms with E-state index in [2.05, 4.69) is 19.1 Å². The van der Waals surface area contributed by atoms with Gasteiger partial charge in [0.15, 0.2) is 29.6 Å². The Balaban J connectivity index is 1.49. The standard InChI is InChI=1S/C30H32F4O2/c1-3-5-19-6-8-20(9-7-19)10-11-21-12-14-24(29(33)27(21)31)25-16-15-23(28(32)30(25)34)22-13-17-26(35-4-2)36-18-22/h6-9,12,14-16,22,26H,3-5,10-11,13,17-18H2,1-2H3. The van der Waals surface area contributed by atoms with Gasteiger partial charge >= 0.3 is 0 Å². The van der Waals surface area contributed by atoms with E-state index in [1.807, 2.05) is 19.1 Å². The SMILES string of the molecule is CCCc1ccc(CCc2ccc(-c3ccc(C4CCC(OCC)OC4)c(F)c3F)c(F)c2F)cc1. The molecule has 192 valence electrons. The summed E-state index contributed by atoms with van der Waals surface area (Å²) in [5.74, 6) is -4.76. The van der Waals surface area contributed by atoms with Gasteiger partial charge in [-0.15, -0.1) is 0 Å². The van der Waals surface area contributed by atoms with Crippen LogP contribution in [0, 0.1) is 23.3 Å². The molecule has 1 aliphatic heterocycles. The van der Waals surface area contributed by atoms with Crippen LogP contribution in [-0.4, -0.2) is 19.5 Å². The van der Waals surface area contributed by atoms with Crippen molar-refractivity contribution in [2.75, 3.05) is 13.2 Å². The van der Waals surface area contributed by atoms with Crippen molar-refractivity contribution in [1.29, 1.82) is 0 Å². The third kappa shape index (κ3) is 5.81. The number of rotatable bonds is 9. The van der Waals surface area contributed by atoms with Gasteiger partial charge in [0, 0.05) is 23.7 Å². The summed E-state index contributed by atoms with van der Waals surface area (Å²) in [7, 11) is 0. The van der Waals surface area contributed by atoms with Crippen LogP contribution < -0.4 is 0 Å². The first-order chi connectivity index (χ1) is 17.4. The molecule has 0 spiro atoms. The van der Waals surface area contributed by atoms with Gasteiger partial charge in [0.2, 0.25) is 0 Å².